The second-order valence-corrected chi connectivity index (χ2v) is 4.12. The molecule has 94 valence electrons. The fraction of sp³-hybridized carbons (Fsp3) is 0.133. The molecule has 2 aromatic carbocycles. The van der Waals surface area contributed by atoms with E-state index in [1.165, 1.54) is 0 Å². The molecule has 0 atom stereocenters. The minimum Gasteiger partial charge on any atom is -0.478 e. The van der Waals surface area contributed by atoms with E-state index < -0.39 is 5.97 Å². The van der Waals surface area contributed by atoms with E-state index in [-0.39, 0.29) is 12.4 Å². The first-order chi connectivity index (χ1) is 8.09. The molecule has 0 unspecified atom stereocenters. The summed E-state index contributed by atoms with van der Waals surface area (Å²) in [6.07, 6.45) is 0. The van der Waals surface area contributed by atoms with Crippen LogP contribution < -0.4 is 0 Å². The highest BCUT2D eigenvalue weighted by Crippen LogP contribution is 2.23. The van der Waals surface area contributed by atoms with Gasteiger partial charge in [0.05, 0.1) is 0 Å². The van der Waals surface area contributed by atoms with E-state index in [2.05, 4.69) is 0 Å². The third kappa shape index (κ3) is 2.71. The summed E-state index contributed by atoms with van der Waals surface area (Å²) in [4.78, 5) is 10.9. The molecule has 0 radical (unpaired) electrons. The summed E-state index contributed by atoms with van der Waals surface area (Å²) < 4.78 is 0. The van der Waals surface area contributed by atoms with Gasteiger partial charge < -0.3 is 5.11 Å². The highest BCUT2D eigenvalue weighted by molar-refractivity contribution is 5.96. The maximum atomic E-state index is 10.9. The Morgan fingerprint density at radius 1 is 1.00 bits per heavy atom. The van der Waals surface area contributed by atoms with E-state index in [0.717, 1.165) is 21.9 Å². The highest BCUT2D eigenvalue weighted by atomic mass is 35.5. The number of halogens is 1. The quantitative estimate of drug-likeness (QED) is 0.826. The van der Waals surface area contributed by atoms with Crippen molar-refractivity contribution in [2.24, 2.45) is 0 Å². The molecular weight excluding hydrogens is 248 g/mol. The number of aliphatic carboxylic acids is 1. The number of benzene rings is 2. The summed E-state index contributed by atoms with van der Waals surface area (Å²) in [6.45, 7) is 3.47. The zero-order chi connectivity index (χ0) is 12.4. The number of rotatable bonds is 2. The maximum absolute atomic E-state index is 10.9. The van der Waals surface area contributed by atoms with Crippen molar-refractivity contribution in [1.29, 1.82) is 0 Å². The Morgan fingerprint density at radius 3 is 2.22 bits per heavy atom. The molecular formula is C15H15ClO2. The predicted molar refractivity (Wildman–Crippen MR) is 77.1 cm³/mol. The minimum atomic E-state index is -0.865. The molecule has 18 heavy (non-hydrogen) atoms. The third-order valence-electron chi connectivity index (χ3n) is 3.07. The first-order valence-corrected chi connectivity index (χ1v) is 5.49. The van der Waals surface area contributed by atoms with Gasteiger partial charge in [0.1, 0.15) is 0 Å². The molecule has 0 aromatic heterocycles. The Morgan fingerprint density at radius 2 is 1.61 bits per heavy atom. The topological polar surface area (TPSA) is 37.3 Å². The summed E-state index contributed by atoms with van der Waals surface area (Å²) >= 11 is 0. The van der Waals surface area contributed by atoms with Gasteiger partial charge in [-0.3, -0.25) is 0 Å². The summed E-state index contributed by atoms with van der Waals surface area (Å²) in [5, 5.41) is 11.3. The molecule has 0 saturated carbocycles. The van der Waals surface area contributed by atoms with E-state index in [4.69, 9.17) is 5.11 Å². The fourth-order valence-electron chi connectivity index (χ4n) is 1.80. The molecule has 2 aromatic rings. The first kappa shape index (κ1) is 14.3. The summed E-state index contributed by atoms with van der Waals surface area (Å²) in [6, 6.07) is 14.1. The zero-order valence-corrected chi connectivity index (χ0v) is 11.1. The van der Waals surface area contributed by atoms with Gasteiger partial charge in [-0.2, -0.15) is 0 Å². The molecule has 3 heteroatoms. The van der Waals surface area contributed by atoms with Crippen LogP contribution >= 0.6 is 12.4 Å². The number of hydrogen-bond acceptors (Lipinski definition) is 1. The highest BCUT2D eigenvalue weighted by Gasteiger charge is 2.07. The number of carbonyl (C=O) groups is 1. The van der Waals surface area contributed by atoms with Crippen LogP contribution in [0.4, 0.5) is 0 Å². The van der Waals surface area contributed by atoms with Crippen LogP contribution in [0.2, 0.25) is 0 Å². The smallest absolute Gasteiger partial charge is 0.331 e. The van der Waals surface area contributed by atoms with Crippen molar-refractivity contribution in [2.75, 3.05) is 0 Å². The number of carboxylic acid groups (broad SMARTS) is 1. The van der Waals surface area contributed by atoms with E-state index >= 15 is 0 Å². The van der Waals surface area contributed by atoms with Gasteiger partial charge in [-0.25, -0.2) is 4.79 Å². The van der Waals surface area contributed by atoms with Crippen LogP contribution in [0.3, 0.4) is 0 Å². The average Bonchev–Trinajstić information content (AvgIpc) is 2.36. The Balaban J connectivity index is 0.00000162. The van der Waals surface area contributed by atoms with Crippen molar-refractivity contribution in [3.63, 3.8) is 0 Å². The average molecular weight is 263 g/mol. The van der Waals surface area contributed by atoms with Crippen molar-refractivity contribution in [2.45, 2.75) is 13.8 Å². The molecule has 0 fully saturated rings. The van der Waals surface area contributed by atoms with Crippen molar-refractivity contribution in [1.82, 2.24) is 0 Å². The zero-order valence-electron chi connectivity index (χ0n) is 10.3. The first-order valence-electron chi connectivity index (χ1n) is 5.49. The lowest BCUT2D eigenvalue weighted by molar-refractivity contribution is -0.132. The second kappa shape index (κ2) is 5.69. The van der Waals surface area contributed by atoms with E-state index in [0.29, 0.717) is 5.57 Å². The molecule has 2 nitrogen and oxygen atoms in total. The molecule has 0 amide bonds. The van der Waals surface area contributed by atoms with Gasteiger partial charge in [0, 0.05) is 5.57 Å². The molecule has 0 aliphatic heterocycles. The van der Waals surface area contributed by atoms with Gasteiger partial charge in [-0.1, -0.05) is 36.4 Å². The molecule has 0 heterocycles. The lowest BCUT2D eigenvalue weighted by atomic mass is 9.99. The predicted octanol–water partition coefficient (Wildman–Crippen LogP) is 4.14. The van der Waals surface area contributed by atoms with Crippen LogP contribution in [0.25, 0.3) is 16.3 Å². The van der Waals surface area contributed by atoms with Gasteiger partial charge in [-0.15, -0.1) is 12.4 Å². The number of carboxylic acids is 1. The van der Waals surface area contributed by atoms with Crippen LogP contribution in [0, 0.1) is 0 Å². The number of allylic oxidation sites excluding steroid dienone is 1. The number of hydrogen-bond donors (Lipinski definition) is 1. The molecule has 0 aliphatic carbocycles. The van der Waals surface area contributed by atoms with Gasteiger partial charge in [0.25, 0.3) is 0 Å². The Labute approximate surface area is 112 Å². The molecule has 2 rings (SSSR count). The second-order valence-electron chi connectivity index (χ2n) is 4.12. The van der Waals surface area contributed by atoms with Gasteiger partial charge in [0.2, 0.25) is 0 Å². The molecule has 0 bridgehead atoms. The van der Waals surface area contributed by atoms with Crippen LogP contribution in [0.15, 0.2) is 48.0 Å². The van der Waals surface area contributed by atoms with Crippen molar-refractivity contribution in [3.8, 4) is 0 Å². The van der Waals surface area contributed by atoms with E-state index in [1.807, 2.05) is 49.4 Å². The summed E-state index contributed by atoms with van der Waals surface area (Å²) in [5.74, 6) is -0.865. The Kier molecular flexibility index (Phi) is 4.51. The van der Waals surface area contributed by atoms with Crippen LogP contribution in [0.1, 0.15) is 19.4 Å². The van der Waals surface area contributed by atoms with Crippen molar-refractivity contribution in [3.05, 3.63) is 53.6 Å². The molecule has 1 N–H and O–H groups in total. The van der Waals surface area contributed by atoms with Crippen LogP contribution in [-0.2, 0) is 4.79 Å². The number of fused-ring (bicyclic) bond motifs is 1. The SMILES string of the molecule is CC(C(=O)O)=C(C)c1ccc2ccccc2c1.Cl. The van der Waals surface area contributed by atoms with Crippen molar-refractivity contribution >= 4 is 34.7 Å². The largest absolute Gasteiger partial charge is 0.478 e. The van der Waals surface area contributed by atoms with Crippen LogP contribution in [-0.4, -0.2) is 11.1 Å². The summed E-state index contributed by atoms with van der Waals surface area (Å²) in [7, 11) is 0. The van der Waals surface area contributed by atoms with Crippen LogP contribution in [0.5, 0.6) is 0 Å². The molecule has 0 aliphatic rings. The van der Waals surface area contributed by atoms with E-state index in [1.54, 1.807) is 6.92 Å². The van der Waals surface area contributed by atoms with Gasteiger partial charge in [-0.05, 0) is 41.8 Å². The Bertz CT molecular complexity index is 615. The molecule has 0 saturated heterocycles. The summed E-state index contributed by atoms with van der Waals surface area (Å²) in [5.41, 5.74) is 2.16. The standard InChI is InChI=1S/C15H14O2.ClH/c1-10(11(2)15(16)17)13-8-7-12-5-3-4-6-14(12)9-13;/h3-9H,1-2H3,(H,16,17);1H. The van der Waals surface area contributed by atoms with Gasteiger partial charge in [0.15, 0.2) is 0 Å². The normalized spacial score (nSPS) is 11.7. The fourth-order valence-corrected chi connectivity index (χ4v) is 1.80. The lowest BCUT2D eigenvalue weighted by Gasteiger charge is -2.06. The minimum absolute atomic E-state index is 0. The maximum Gasteiger partial charge on any atom is 0.331 e. The monoisotopic (exact) mass is 262 g/mol. The molecule has 0 spiro atoms. The lowest BCUT2D eigenvalue weighted by Crippen LogP contribution is -1.99. The Hall–Kier alpha value is -1.80. The third-order valence-corrected chi connectivity index (χ3v) is 3.07. The van der Waals surface area contributed by atoms with E-state index in [9.17, 15) is 4.79 Å². The van der Waals surface area contributed by atoms with Crippen molar-refractivity contribution < 1.29 is 9.90 Å². The van der Waals surface area contributed by atoms with Gasteiger partial charge >= 0.3 is 5.97 Å².